The molecule has 0 spiro atoms. The summed E-state index contributed by atoms with van der Waals surface area (Å²) >= 11 is 0. The smallest absolute Gasteiger partial charge is 0.248 e. The first-order valence-electron chi connectivity index (χ1n) is 6.40. The average molecular weight is 283 g/mol. The van der Waals surface area contributed by atoms with Crippen molar-refractivity contribution < 1.29 is 14.0 Å². The first kappa shape index (κ1) is 14.7. The quantitative estimate of drug-likeness (QED) is 0.687. The minimum absolute atomic E-state index is 0.0681. The Bertz CT molecular complexity index is 707. The lowest BCUT2D eigenvalue weighted by Gasteiger charge is -2.03. The number of carbonyl (C=O) groups is 2. The van der Waals surface area contributed by atoms with E-state index in [2.05, 4.69) is 5.32 Å². The average Bonchev–Trinajstić information content (AvgIpc) is 2.45. The molecule has 0 aromatic heterocycles. The van der Waals surface area contributed by atoms with E-state index in [0.717, 1.165) is 0 Å². The predicted molar refractivity (Wildman–Crippen MR) is 80.5 cm³/mol. The van der Waals surface area contributed by atoms with Crippen LogP contribution in [0.3, 0.4) is 0 Å². The van der Waals surface area contributed by atoms with Crippen LogP contribution in [0.15, 0.2) is 54.6 Å². The maximum absolute atomic E-state index is 13.0. The molecular formula is C17H14FNO2. The van der Waals surface area contributed by atoms with Gasteiger partial charge >= 0.3 is 0 Å². The minimum Gasteiger partial charge on any atom is -0.322 e. The minimum atomic E-state index is -0.355. The molecule has 0 aliphatic heterocycles. The third-order valence-electron chi connectivity index (χ3n) is 2.81. The van der Waals surface area contributed by atoms with Crippen molar-refractivity contribution in [1.82, 2.24) is 0 Å². The second-order valence-electron chi connectivity index (χ2n) is 4.51. The van der Waals surface area contributed by atoms with Crippen LogP contribution in [-0.2, 0) is 4.79 Å². The number of benzene rings is 2. The zero-order chi connectivity index (χ0) is 15.2. The van der Waals surface area contributed by atoms with E-state index >= 15 is 0 Å². The van der Waals surface area contributed by atoms with Crippen molar-refractivity contribution in [2.75, 3.05) is 5.32 Å². The maximum Gasteiger partial charge on any atom is 0.248 e. The van der Waals surface area contributed by atoms with E-state index in [1.165, 1.54) is 31.2 Å². The molecule has 4 heteroatoms. The molecule has 0 saturated carbocycles. The number of nitrogens with one attached hydrogen (secondary N) is 1. The van der Waals surface area contributed by atoms with Gasteiger partial charge in [-0.25, -0.2) is 4.39 Å². The molecule has 0 heterocycles. The molecule has 2 aromatic carbocycles. The Kier molecular flexibility index (Phi) is 4.61. The fourth-order valence-corrected chi connectivity index (χ4v) is 1.78. The van der Waals surface area contributed by atoms with Gasteiger partial charge in [-0.2, -0.15) is 0 Å². The van der Waals surface area contributed by atoms with Crippen LogP contribution in [-0.4, -0.2) is 11.7 Å². The number of Topliss-reactive ketones (excluding diaryl/α,β-unsaturated/α-hetero) is 1. The SMILES string of the molecule is CC(=O)c1cccc(NC(=O)/C=C/c2cccc(F)c2)c1. The molecule has 2 rings (SSSR count). The predicted octanol–water partition coefficient (Wildman–Crippen LogP) is 3.68. The summed E-state index contributed by atoms with van der Waals surface area (Å²) in [6.07, 6.45) is 2.84. The fourth-order valence-electron chi connectivity index (χ4n) is 1.78. The van der Waals surface area contributed by atoms with Gasteiger partial charge < -0.3 is 5.32 Å². The zero-order valence-corrected chi connectivity index (χ0v) is 11.5. The van der Waals surface area contributed by atoms with Gasteiger partial charge in [-0.1, -0.05) is 24.3 Å². The summed E-state index contributed by atoms with van der Waals surface area (Å²) in [7, 11) is 0. The van der Waals surface area contributed by atoms with Crippen LogP contribution in [0.25, 0.3) is 6.08 Å². The summed E-state index contributed by atoms with van der Waals surface area (Å²) in [6.45, 7) is 1.46. The lowest BCUT2D eigenvalue weighted by Crippen LogP contribution is -2.08. The zero-order valence-electron chi connectivity index (χ0n) is 11.5. The molecule has 0 saturated heterocycles. The molecule has 0 fully saturated rings. The lowest BCUT2D eigenvalue weighted by atomic mass is 10.1. The molecule has 0 radical (unpaired) electrons. The maximum atomic E-state index is 13.0. The highest BCUT2D eigenvalue weighted by Crippen LogP contribution is 2.11. The van der Waals surface area contributed by atoms with Crippen molar-refractivity contribution in [2.24, 2.45) is 0 Å². The molecule has 0 aliphatic carbocycles. The Labute approximate surface area is 122 Å². The molecule has 0 unspecified atom stereocenters. The third-order valence-corrected chi connectivity index (χ3v) is 2.81. The van der Waals surface area contributed by atoms with Crippen molar-refractivity contribution >= 4 is 23.5 Å². The van der Waals surface area contributed by atoms with Crippen molar-refractivity contribution in [1.29, 1.82) is 0 Å². The first-order chi connectivity index (χ1) is 10.0. The van der Waals surface area contributed by atoms with Crippen LogP contribution in [0.5, 0.6) is 0 Å². The van der Waals surface area contributed by atoms with Crippen molar-refractivity contribution in [3.63, 3.8) is 0 Å². The number of rotatable bonds is 4. The molecule has 2 aromatic rings. The monoisotopic (exact) mass is 283 g/mol. The van der Waals surface area contributed by atoms with Gasteiger partial charge in [0, 0.05) is 17.3 Å². The van der Waals surface area contributed by atoms with Gasteiger partial charge in [-0.15, -0.1) is 0 Å². The van der Waals surface area contributed by atoms with E-state index in [9.17, 15) is 14.0 Å². The van der Waals surface area contributed by atoms with Gasteiger partial charge in [-0.05, 0) is 42.8 Å². The molecule has 106 valence electrons. The van der Waals surface area contributed by atoms with Gasteiger partial charge in [0.15, 0.2) is 5.78 Å². The van der Waals surface area contributed by atoms with E-state index < -0.39 is 0 Å². The second kappa shape index (κ2) is 6.61. The highest BCUT2D eigenvalue weighted by Gasteiger charge is 2.02. The molecule has 0 atom stereocenters. The normalized spacial score (nSPS) is 10.6. The summed E-state index contributed by atoms with van der Waals surface area (Å²) < 4.78 is 13.0. The van der Waals surface area contributed by atoms with Crippen LogP contribution in [0.4, 0.5) is 10.1 Å². The lowest BCUT2D eigenvalue weighted by molar-refractivity contribution is -0.111. The first-order valence-corrected chi connectivity index (χ1v) is 6.40. The van der Waals surface area contributed by atoms with Gasteiger partial charge in [-0.3, -0.25) is 9.59 Å². The summed E-state index contributed by atoms with van der Waals surface area (Å²) in [6, 6.07) is 12.6. The van der Waals surface area contributed by atoms with Crippen LogP contribution in [0.1, 0.15) is 22.8 Å². The summed E-state index contributed by atoms with van der Waals surface area (Å²) in [4.78, 5) is 23.0. The molecule has 3 nitrogen and oxygen atoms in total. The topological polar surface area (TPSA) is 46.2 Å². The second-order valence-corrected chi connectivity index (χ2v) is 4.51. The summed E-state index contributed by atoms with van der Waals surface area (Å²) in [5.41, 5.74) is 1.67. The van der Waals surface area contributed by atoms with Gasteiger partial charge in [0.05, 0.1) is 0 Å². The largest absolute Gasteiger partial charge is 0.322 e. The number of hydrogen-bond donors (Lipinski definition) is 1. The van der Waals surface area contributed by atoms with E-state index in [0.29, 0.717) is 16.8 Å². The Morgan fingerprint density at radius 1 is 1.10 bits per heavy atom. The van der Waals surface area contributed by atoms with Gasteiger partial charge in [0.2, 0.25) is 5.91 Å². The Morgan fingerprint density at radius 2 is 1.86 bits per heavy atom. The van der Waals surface area contributed by atoms with Crippen LogP contribution < -0.4 is 5.32 Å². The van der Waals surface area contributed by atoms with E-state index in [4.69, 9.17) is 0 Å². The Morgan fingerprint density at radius 3 is 2.57 bits per heavy atom. The van der Waals surface area contributed by atoms with Crippen molar-refractivity contribution in [3.05, 3.63) is 71.6 Å². The molecular weight excluding hydrogens is 269 g/mol. The number of hydrogen-bond acceptors (Lipinski definition) is 2. The number of halogens is 1. The van der Waals surface area contributed by atoms with Crippen LogP contribution in [0.2, 0.25) is 0 Å². The number of anilines is 1. The molecule has 1 N–H and O–H groups in total. The van der Waals surface area contributed by atoms with Crippen LogP contribution in [0, 0.1) is 5.82 Å². The summed E-state index contributed by atoms with van der Waals surface area (Å²) in [5.74, 6) is -0.770. The number of ketones is 1. The fraction of sp³-hybridized carbons (Fsp3) is 0.0588. The van der Waals surface area contributed by atoms with E-state index in [1.807, 2.05) is 0 Å². The van der Waals surface area contributed by atoms with Crippen LogP contribution >= 0.6 is 0 Å². The molecule has 0 bridgehead atoms. The third kappa shape index (κ3) is 4.38. The van der Waals surface area contributed by atoms with Crippen molar-refractivity contribution in [2.45, 2.75) is 6.92 Å². The summed E-state index contributed by atoms with van der Waals surface area (Å²) in [5, 5.41) is 2.65. The molecule has 21 heavy (non-hydrogen) atoms. The number of carbonyl (C=O) groups excluding carboxylic acids is 2. The highest BCUT2D eigenvalue weighted by molar-refractivity contribution is 6.03. The standard InChI is InChI=1S/C17H14FNO2/c1-12(20)14-5-3-7-16(11-14)19-17(21)9-8-13-4-2-6-15(18)10-13/h2-11H,1H3,(H,19,21)/b9-8+. The van der Waals surface area contributed by atoms with Gasteiger partial charge in [0.25, 0.3) is 0 Å². The Balaban J connectivity index is 2.05. The van der Waals surface area contributed by atoms with Gasteiger partial charge in [0.1, 0.15) is 5.82 Å². The Hall–Kier alpha value is -2.75. The molecule has 1 amide bonds. The van der Waals surface area contributed by atoms with Crippen molar-refractivity contribution in [3.8, 4) is 0 Å². The highest BCUT2D eigenvalue weighted by atomic mass is 19.1. The molecule has 0 aliphatic rings. The number of amides is 1. The van der Waals surface area contributed by atoms with E-state index in [-0.39, 0.29) is 17.5 Å². The van der Waals surface area contributed by atoms with E-state index in [1.54, 1.807) is 36.4 Å².